The van der Waals surface area contributed by atoms with Crippen LogP contribution in [0.4, 0.5) is 0 Å². The largest absolute Gasteiger partial charge is 0.543 e. The third kappa shape index (κ3) is 4.57. The molecule has 0 heterocycles. The van der Waals surface area contributed by atoms with E-state index in [4.69, 9.17) is 4.43 Å². The zero-order valence-corrected chi connectivity index (χ0v) is 17.1. The highest BCUT2D eigenvalue weighted by molar-refractivity contribution is 6.84. The number of rotatable bonds is 8. The second-order valence-corrected chi connectivity index (χ2v) is 16.7. The summed E-state index contributed by atoms with van der Waals surface area (Å²) in [6.45, 7) is 13.7. The maximum atomic E-state index is 10.0. The quantitative estimate of drug-likeness (QED) is 0.516. The van der Waals surface area contributed by atoms with Crippen molar-refractivity contribution in [1.82, 2.24) is 0 Å². The van der Waals surface area contributed by atoms with Gasteiger partial charge in [-0.2, -0.15) is 0 Å². The van der Waals surface area contributed by atoms with Gasteiger partial charge in [0.2, 0.25) is 8.32 Å². The average Bonchev–Trinajstić information content (AvgIpc) is 2.51. The lowest BCUT2D eigenvalue weighted by molar-refractivity contribution is 0.334. The molecule has 0 bridgehead atoms. The van der Waals surface area contributed by atoms with Gasteiger partial charge in [-0.1, -0.05) is 70.7 Å². The van der Waals surface area contributed by atoms with Crippen molar-refractivity contribution < 1.29 is 9.53 Å². The van der Waals surface area contributed by atoms with Gasteiger partial charge in [0.15, 0.2) is 0 Å². The second kappa shape index (κ2) is 8.13. The van der Waals surface area contributed by atoms with Gasteiger partial charge in [-0.15, -0.1) is 0 Å². The third-order valence-corrected chi connectivity index (χ3v) is 11.3. The number of benzene rings is 1. The van der Waals surface area contributed by atoms with E-state index in [0.717, 1.165) is 34.7 Å². The lowest BCUT2D eigenvalue weighted by Gasteiger charge is -2.34. The van der Waals surface area contributed by atoms with Crippen molar-refractivity contribution >= 4 is 22.2 Å². The molecule has 0 aliphatic heterocycles. The van der Waals surface area contributed by atoms with Crippen LogP contribution in [-0.4, -0.2) is 28.1 Å². The van der Waals surface area contributed by atoms with Crippen LogP contribution in [0.5, 0.6) is 0 Å². The summed E-state index contributed by atoms with van der Waals surface area (Å²) in [5.41, 5.74) is 1.11. The van der Waals surface area contributed by atoms with Gasteiger partial charge in [0.1, 0.15) is 5.76 Å². The van der Waals surface area contributed by atoms with Gasteiger partial charge >= 0.3 is 0 Å². The second-order valence-electron chi connectivity index (χ2n) is 6.93. The van der Waals surface area contributed by atoms with E-state index in [-0.39, 0.29) is 6.61 Å². The van der Waals surface area contributed by atoms with Crippen LogP contribution >= 0.6 is 0 Å². The molecule has 0 amide bonds. The van der Waals surface area contributed by atoms with Crippen LogP contribution < -0.4 is 0 Å². The molecule has 0 unspecified atom stereocenters. The lowest BCUT2D eigenvalue weighted by atomic mass is 10.2. The first-order valence-electron chi connectivity index (χ1n) is 8.42. The molecule has 0 saturated carbocycles. The Morgan fingerprint density at radius 3 is 1.82 bits per heavy atom. The Labute approximate surface area is 138 Å². The molecular formula is C18H32O2Si2. The Bertz CT molecular complexity index is 477. The smallest absolute Gasteiger partial charge is 0.250 e. The molecule has 0 aliphatic carbocycles. The SMILES string of the molecule is CC[Si](CC)(CC)O/C(=C(/CO)[Si](C)(C)C)c1ccccc1. The van der Waals surface area contributed by atoms with Crippen LogP contribution in [0.2, 0.25) is 37.8 Å². The van der Waals surface area contributed by atoms with Crippen molar-refractivity contribution in [3.05, 3.63) is 41.1 Å². The molecule has 0 fully saturated rings. The molecule has 124 valence electrons. The van der Waals surface area contributed by atoms with Gasteiger partial charge in [-0.05, 0) is 23.3 Å². The van der Waals surface area contributed by atoms with Crippen LogP contribution in [0.3, 0.4) is 0 Å². The fraction of sp³-hybridized carbons (Fsp3) is 0.556. The Kier molecular flexibility index (Phi) is 7.10. The average molecular weight is 337 g/mol. The fourth-order valence-electron chi connectivity index (χ4n) is 2.72. The van der Waals surface area contributed by atoms with Crippen LogP contribution in [0, 0.1) is 0 Å². The zero-order valence-electron chi connectivity index (χ0n) is 15.1. The highest BCUT2D eigenvalue weighted by Crippen LogP contribution is 2.33. The van der Waals surface area contributed by atoms with Crippen molar-refractivity contribution in [3.8, 4) is 0 Å². The maximum absolute atomic E-state index is 10.0. The molecule has 0 aliphatic rings. The standard InChI is InChI=1S/C18H32O2Si2/c1-7-22(8-2,9-3)20-18(16-13-11-10-12-14-16)17(15-19)21(4,5)6/h10-14,19H,7-9,15H2,1-6H3/b18-17-. The molecule has 1 N–H and O–H groups in total. The predicted molar refractivity (Wildman–Crippen MR) is 102 cm³/mol. The Hall–Kier alpha value is -0.846. The van der Waals surface area contributed by atoms with E-state index >= 15 is 0 Å². The normalized spacial score (nSPS) is 13.8. The summed E-state index contributed by atoms with van der Waals surface area (Å²) in [5.74, 6) is 0.972. The summed E-state index contributed by atoms with van der Waals surface area (Å²) in [6.07, 6.45) is 0. The van der Waals surface area contributed by atoms with E-state index in [2.05, 4.69) is 52.5 Å². The Morgan fingerprint density at radius 1 is 0.955 bits per heavy atom. The summed E-state index contributed by atoms with van der Waals surface area (Å²) in [5, 5.41) is 11.2. The molecule has 4 heteroatoms. The third-order valence-electron chi connectivity index (χ3n) is 4.63. The van der Waals surface area contributed by atoms with Crippen molar-refractivity contribution in [3.63, 3.8) is 0 Å². The van der Waals surface area contributed by atoms with Crippen LogP contribution in [0.1, 0.15) is 26.3 Å². The molecule has 0 atom stereocenters. The lowest BCUT2D eigenvalue weighted by Crippen LogP contribution is -2.37. The molecule has 0 aromatic heterocycles. The topological polar surface area (TPSA) is 29.5 Å². The predicted octanol–water partition coefficient (Wildman–Crippen LogP) is 5.29. The minimum Gasteiger partial charge on any atom is -0.543 e. The van der Waals surface area contributed by atoms with E-state index in [1.165, 1.54) is 0 Å². The van der Waals surface area contributed by atoms with Gasteiger partial charge in [0.25, 0.3) is 0 Å². The van der Waals surface area contributed by atoms with E-state index < -0.39 is 16.4 Å². The molecule has 0 spiro atoms. The summed E-state index contributed by atoms with van der Waals surface area (Å²) in [4.78, 5) is 0. The van der Waals surface area contributed by atoms with E-state index in [1.54, 1.807) is 0 Å². The van der Waals surface area contributed by atoms with Crippen LogP contribution in [0.15, 0.2) is 35.5 Å². The number of hydrogen-bond donors (Lipinski definition) is 1. The fourth-order valence-corrected chi connectivity index (χ4v) is 6.78. The molecule has 0 radical (unpaired) electrons. The van der Waals surface area contributed by atoms with Gasteiger partial charge in [0.05, 0.1) is 14.7 Å². The highest BCUT2D eigenvalue weighted by Gasteiger charge is 2.34. The van der Waals surface area contributed by atoms with E-state index in [9.17, 15) is 5.11 Å². The molecular weight excluding hydrogens is 304 g/mol. The van der Waals surface area contributed by atoms with Crippen LogP contribution in [-0.2, 0) is 4.43 Å². The number of aliphatic hydroxyl groups excluding tert-OH is 1. The Morgan fingerprint density at radius 2 is 1.45 bits per heavy atom. The van der Waals surface area contributed by atoms with Gasteiger partial charge in [-0.3, -0.25) is 0 Å². The molecule has 0 saturated heterocycles. The summed E-state index contributed by atoms with van der Waals surface area (Å²) < 4.78 is 6.74. The Balaban J connectivity index is 3.45. The van der Waals surface area contributed by atoms with Crippen molar-refractivity contribution in [2.75, 3.05) is 6.61 Å². The summed E-state index contributed by atoms with van der Waals surface area (Å²) >= 11 is 0. The van der Waals surface area contributed by atoms with Gasteiger partial charge in [-0.25, -0.2) is 0 Å². The highest BCUT2D eigenvalue weighted by atomic mass is 28.4. The minimum absolute atomic E-state index is 0.0988. The maximum Gasteiger partial charge on any atom is 0.250 e. The first-order valence-corrected chi connectivity index (χ1v) is 14.5. The van der Waals surface area contributed by atoms with Crippen LogP contribution in [0.25, 0.3) is 5.76 Å². The monoisotopic (exact) mass is 336 g/mol. The molecule has 1 aromatic rings. The molecule has 1 aromatic carbocycles. The first kappa shape index (κ1) is 19.2. The van der Waals surface area contributed by atoms with E-state index in [0.29, 0.717) is 0 Å². The van der Waals surface area contributed by atoms with Gasteiger partial charge < -0.3 is 9.53 Å². The minimum atomic E-state index is -1.77. The van der Waals surface area contributed by atoms with Crippen molar-refractivity contribution in [2.24, 2.45) is 0 Å². The van der Waals surface area contributed by atoms with Crippen molar-refractivity contribution in [1.29, 1.82) is 0 Å². The van der Waals surface area contributed by atoms with E-state index in [1.807, 2.05) is 18.2 Å². The van der Waals surface area contributed by atoms with Crippen molar-refractivity contribution in [2.45, 2.75) is 58.5 Å². The number of aliphatic hydroxyl groups is 1. The first-order chi connectivity index (χ1) is 10.3. The van der Waals surface area contributed by atoms with Gasteiger partial charge in [0, 0.05) is 5.56 Å². The zero-order chi connectivity index (χ0) is 16.8. The molecule has 22 heavy (non-hydrogen) atoms. The number of hydrogen-bond acceptors (Lipinski definition) is 2. The molecule has 2 nitrogen and oxygen atoms in total. The summed E-state index contributed by atoms with van der Waals surface area (Å²) in [7, 11) is -3.41. The molecule has 1 rings (SSSR count). The summed E-state index contributed by atoms with van der Waals surface area (Å²) in [6, 6.07) is 13.7.